The second-order valence-electron chi connectivity index (χ2n) is 10.8. The zero-order valence-electron chi connectivity index (χ0n) is 20.8. The fourth-order valence-electron chi connectivity index (χ4n) is 5.00. The van der Waals surface area contributed by atoms with E-state index in [2.05, 4.69) is 12.2 Å². The maximum Gasteiger partial charge on any atom is 0.410 e. The number of carbonyl (C=O) groups is 2. The minimum absolute atomic E-state index is 0.0168. The number of allylic oxidation sites excluding steroid dienone is 1. The highest BCUT2D eigenvalue weighted by molar-refractivity contribution is 5.97. The topological polar surface area (TPSA) is 68.3 Å². The monoisotopic (exact) mass is 470 g/mol. The van der Waals surface area contributed by atoms with Gasteiger partial charge in [0, 0.05) is 25.0 Å². The van der Waals surface area contributed by atoms with Crippen molar-refractivity contribution < 1.29 is 23.8 Å². The first-order valence-corrected chi connectivity index (χ1v) is 12.5. The van der Waals surface area contributed by atoms with Crippen LogP contribution in [0.1, 0.15) is 63.2 Å². The minimum atomic E-state index is -0.507. The number of fused-ring (bicyclic) bond motifs is 2. The molecular weight excluding hydrogens is 432 g/mol. The summed E-state index contributed by atoms with van der Waals surface area (Å²) < 4.78 is 17.9. The smallest absolute Gasteiger partial charge is 0.410 e. The number of nitrogens with zero attached hydrogens (tertiary/aromatic N) is 2. The van der Waals surface area contributed by atoms with Crippen LogP contribution in [0.2, 0.25) is 0 Å². The lowest BCUT2D eigenvalue weighted by atomic mass is 9.76. The van der Waals surface area contributed by atoms with Gasteiger partial charge in [0.1, 0.15) is 11.4 Å². The van der Waals surface area contributed by atoms with Crippen LogP contribution in [0, 0.1) is 5.41 Å². The summed E-state index contributed by atoms with van der Waals surface area (Å²) >= 11 is 0. The molecule has 3 aliphatic rings. The van der Waals surface area contributed by atoms with Gasteiger partial charge in [-0.3, -0.25) is 4.79 Å². The Bertz CT molecular complexity index is 899. The Labute approximate surface area is 203 Å². The van der Waals surface area contributed by atoms with Gasteiger partial charge in [-0.1, -0.05) is 24.3 Å². The molecular formula is C27H38N2O5. The van der Waals surface area contributed by atoms with Crippen molar-refractivity contribution in [2.45, 2.75) is 64.5 Å². The molecule has 1 atom stereocenters. The number of para-hydroxylation sites is 1. The van der Waals surface area contributed by atoms with Crippen LogP contribution in [0.4, 0.5) is 4.79 Å². The second kappa shape index (κ2) is 10.4. The Balaban J connectivity index is 1.51. The zero-order chi connectivity index (χ0) is 24.2. The van der Waals surface area contributed by atoms with Gasteiger partial charge in [0.05, 0.1) is 31.4 Å². The lowest BCUT2D eigenvalue weighted by Gasteiger charge is -2.41. The van der Waals surface area contributed by atoms with Crippen LogP contribution in [0.3, 0.4) is 0 Å². The van der Waals surface area contributed by atoms with E-state index in [1.807, 2.05) is 49.9 Å². The normalized spacial score (nSPS) is 24.6. The number of amides is 2. The molecule has 7 heteroatoms. The van der Waals surface area contributed by atoms with Crippen molar-refractivity contribution in [1.82, 2.24) is 9.80 Å². The van der Waals surface area contributed by atoms with Crippen LogP contribution in [-0.2, 0) is 9.47 Å². The first-order chi connectivity index (χ1) is 16.3. The molecule has 2 saturated heterocycles. The number of benzene rings is 1. The first kappa shape index (κ1) is 24.6. The van der Waals surface area contributed by atoms with Crippen LogP contribution in [0.15, 0.2) is 36.4 Å². The van der Waals surface area contributed by atoms with Gasteiger partial charge in [0.2, 0.25) is 0 Å². The van der Waals surface area contributed by atoms with Gasteiger partial charge in [-0.15, -0.1) is 0 Å². The summed E-state index contributed by atoms with van der Waals surface area (Å²) in [6, 6.07) is 7.66. The molecule has 0 N–H and O–H groups in total. The molecule has 0 radical (unpaired) electrons. The van der Waals surface area contributed by atoms with Gasteiger partial charge in [0.15, 0.2) is 0 Å². The van der Waals surface area contributed by atoms with E-state index in [4.69, 9.17) is 14.2 Å². The highest BCUT2D eigenvalue weighted by Crippen LogP contribution is 2.37. The van der Waals surface area contributed by atoms with Gasteiger partial charge in [-0.2, -0.15) is 0 Å². The van der Waals surface area contributed by atoms with E-state index in [1.165, 1.54) is 0 Å². The summed E-state index contributed by atoms with van der Waals surface area (Å²) in [7, 11) is 0. The summed E-state index contributed by atoms with van der Waals surface area (Å²) in [6.45, 7) is 9.24. The fraction of sp³-hybridized carbons (Fsp3) is 0.630. The Morgan fingerprint density at radius 1 is 1.12 bits per heavy atom. The molecule has 1 aromatic carbocycles. The van der Waals surface area contributed by atoms with Crippen LogP contribution in [0.5, 0.6) is 5.75 Å². The summed E-state index contributed by atoms with van der Waals surface area (Å²) in [5.41, 5.74) is -0.0123. The average molecular weight is 471 g/mol. The standard InChI is InChI=1S/C27H38N2O5/c1-26(2,3)34-25(31)28-16-13-27(14-17-28)12-6-7-18-32-19-21-9-8-15-29(21)24(30)22-10-4-5-11-23(22)33-20-27/h4-7,10-11,21H,8-9,12-20H2,1-3H3/b7-6+/t21-/m0/s1. The lowest BCUT2D eigenvalue weighted by Crippen LogP contribution is -2.47. The zero-order valence-corrected chi connectivity index (χ0v) is 20.8. The highest BCUT2D eigenvalue weighted by Gasteiger charge is 2.38. The van der Waals surface area contributed by atoms with Crippen LogP contribution in [0.25, 0.3) is 0 Å². The van der Waals surface area contributed by atoms with Crippen LogP contribution in [-0.4, -0.2) is 72.9 Å². The number of hydrogen-bond acceptors (Lipinski definition) is 5. The largest absolute Gasteiger partial charge is 0.492 e. The summed E-state index contributed by atoms with van der Waals surface area (Å²) in [5, 5.41) is 0. The second-order valence-corrected chi connectivity index (χ2v) is 10.8. The molecule has 0 saturated carbocycles. The third-order valence-corrected chi connectivity index (χ3v) is 7.01. The SMILES string of the molecule is CC(C)(C)OC(=O)N1CCC2(C/C=C/COC[C@@H]3CCCN3C(=O)c3ccccc3OC2)CC1. The van der Waals surface area contributed by atoms with Crippen molar-refractivity contribution in [3.63, 3.8) is 0 Å². The number of hydrogen-bond donors (Lipinski definition) is 0. The molecule has 186 valence electrons. The molecule has 34 heavy (non-hydrogen) atoms. The van der Waals surface area contributed by atoms with Crippen molar-refractivity contribution in [1.29, 1.82) is 0 Å². The maximum absolute atomic E-state index is 13.4. The van der Waals surface area contributed by atoms with E-state index in [0.717, 1.165) is 38.6 Å². The van der Waals surface area contributed by atoms with Crippen molar-refractivity contribution >= 4 is 12.0 Å². The van der Waals surface area contributed by atoms with Crippen LogP contribution >= 0.6 is 0 Å². The Kier molecular flexibility index (Phi) is 7.51. The van der Waals surface area contributed by atoms with Crippen LogP contribution < -0.4 is 4.74 Å². The molecule has 2 amide bonds. The van der Waals surface area contributed by atoms with Crippen molar-refractivity contribution in [3.8, 4) is 5.75 Å². The van der Waals surface area contributed by atoms with E-state index in [0.29, 0.717) is 44.2 Å². The first-order valence-electron chi connectivity index (χ1n) is 12.5. The van der Waals surface area contributed by atoms with E-state index < -0.39 is 5.60 Å². The highest BCUT2D eigenvalue weighted by atomic mass is 16.6. The maximum atomic E-state index is 13.4. The van der Waals surface area contributed by atoms with Gasteiger partial charge in [-0.25, -0.2) is 4.79 Å². The summed E-state index contributed by atoms with van der Waals surface area (Å²) in [6.07, 6.45) is 8.41. The summed E-state index contributed by atoms with van der Waals surface area (Å²) in [4.78, 5) is 29.7. The summed E-state index contributed by atoms with van der Waals surface area (Å²) in [5.74, 6) is 0.650. The fourth-order valence-corrected chi connectivity index (χ4v) is 5.00. The number of likely N-dealkylation sites (tertiary alicyclic amines) is 1. The van der Waals surface area contributed by atoms with E-state index in [-0.39, 0.29) is 23.5 Å². The molecule has 0 aliphatic carbocycles. The van der Waals surface area contributed by atoms with Gasteiger partial charge < -0.3 is 24.0 Å². The number of rotatable bonds is 0. The molecule has 4 rings (SSSR count). The molecule has 0 unspecified atom stereocenters. The molecule has 1 aromatic rings. The van der Waals surface area contributed by atoms with E-state index >= 15 is 0 Å². The Hall–Kier alpha value is -2.54. The van der Waals surface area contributed by atoms with Crippen molar-refractivity contribution in [2.75, 3.05) is 39.5 Å². The quantitative estimate of drug-likeness (QED) is 0.516. The minimum Gasteiger partial charge on any atom is -0.492 e. The van der Waals surface area contributed by atoms with Crippen molar-refractivity contribution in [2.24, 2.45) is 5.41 Å². The van der Waals surface area contributed by atoms with Gasteiger partial charge in [-0.05, 0) is 65.0 Å². The number of ether oxygens (including phenoxy) is 3. The predicted octanol–water partition coefficient (Wildman–Crippen LogP) is 4.66. The molecule has 0 aromatic heterocycles. The molecule has 7 nitrogen and oxygen atoms in total. The van der Waals surface area contributed by atoms with E-state index in [9.17, 15) is 9.59 Å². The lowest BCUT2D eigenvalue weighted by molar-refractivity contribution is 0.00266. The predicted molar refractivity (Wildman–Crippen MR) is 130 cm³/mol. The van der Waals surface area contributed by atoms with E-state index in [1.54, 1.807) is 4.90 Å². The number of piperidine rings is 1. The molecule has 3 heterocycles. The Morgan fingerprint density at radius 2 is 1.88 bits per heavy atom. The molecule has 3 aliphatic heterocycles. The third kappa shape index (κ3) is 5.93. The van der Waals surface area contributed by atoms with Gasteiger partial charge in [0.25, 0.3) is 5.91 Å². The molecule has 1 spiro atoms. The Morgan fingerprint density at radius 3 is 2.65 bits per heavy atom. The number of carbonyl (C=O) groups excluding carboxylic acids is 2. The average Bonchev–Trinajstić information content (AvgIpc) is 3.27. The third-order valence-electron chi connectivity index (χ3n) is 7.01. The molecule has 2 fully saturated rings. The van der Waals surface area contributed by atoms with Crippen molar-refractivity contribution in [3.05, 3.63) is 42.0 Å². The van der Waals surface area contributed by atoms with Gasteiger partial charge >= 0.3 is 6.09 Å². The molecule has 0 bridgehead atoms.